The number of amides is 1. The number of anilines is 2. The predicted octanol–water partition coefficient (Wildman–Crippen LogP) is 2.28. The summed E-state index contributed by atoms with van der Waals surface area (Å²) < 4.78 is 1.76. The van der Waals surface area contributed by atoms with Crippen LogP contribution in [0.25, 0.3) is 0 Å². The monoisotopic (exact) mass is 268 g/mol. The van der Waals surface area contributed by atoms with Gasteiger partial charge in [0.1, 0.15) is 11.8 Å². The van der Waals surface area contributed by atoms with Gasteiger partial charge in [0.05, 0.1) is 0 Å². The number of aromatic nitrogens is 1. The third-order valence-corrected chi connectivity index (χ3v) is 3.17. The van der Waals surface area contributed by atoms with Crippen molar-refractivity contribution in [1.29, 1.82) is 5.26 Å². The van der Waals surface area contributed by atoms with Gasteiger partial charge in [0.15, 0.2) is 0 Å². The molecule has 102 valence electrons. The van der Waals surface area contributed by atoms with Crippen LogP contribution in [0.1, 0.15) is 17.7 Å². The standard InChI is InChI=1S/C15H16N4O/c1-11-13(17)5-2-6-14(11)18-15(20)7-9-19-8-3-4-12(19)10-16/h2-6,8H,7,9,17H2,1H3,(H,18,20). The first kappa shape index (κ1) is 13.7. The van der Waals surface area contributed by atoms with E-state index in [1.165, 1.54) is 0 Å². The Labute approximate surface area is 117 Å². The van der Waals surface area contributed by atoms with Crippen LogP contribution in [0.5, 0.6) is 0 Å². The highest BCUT2D eigenvalue weighted by Gasteiger charge is 2.07. The Morgan fingerprint density at radius 1 is 1.40 bits per heavy atom. The molecule has 0 saturated carbocycles. The smallest absolute Gasteiger partial charge is 0.226 e. The predicted molar refractivity (Wildman–Crippen MR) is 78.0 cm³/mol. The van der Waals surface area contributed by atoms with Gasteiger partial charge in [-0.1, -0.05) is 6.07 Å². The zero-order valence-corrected chi connectivity index (χ0v) is 11.3. The van der Waals surface area contributed by atoms with Crippen LogP contribution >= 0.6 is 0 Å². The van der Waals surface area contributed by atoms with Crippen LogP contribution in [0.3, 0.4) is 0 Å². The number of nitriles is 1. The van der Waals surface area contributed by atoms with Crippen molar-refractivity contribution in [2.24, 2.45) is 0 Å². The Hall–Kier alpha value is -2.74. The summed E-state index contributed by atoms with van der Waals surface area (Å²) >= 11 is 0. The summed E-state index contributed by atoms with van der Waals surface area (Å²) in [7, 11) is 0. The molecule has 0 radical (unpaired) electrons. The van der Waals surface area contributed by atoms with E-state index in [4.69, 9.17) is 11.0 Å². The lowest BCUT2D eigenvalue weighted by atomic mass is 10.1. The van der Waals surface area contributed by atoms with Crippen molar-refractivity contribution in [3.05, 3.63) is 47.8 Å². The van der Waals surface area contributed by atoms with Gasteiger partial charge in [0, 0.05) is 30.5 Å². The fraction of sp³-hybridized carbons (Fsp3) is 0.200. The average molecular weight is 268 g/mol. The van der Waals surface area contributed by atoms with Gasteiger partial charge in [-0.2, -0.15) is 5.26 Å². The van der Waals surface area contributed by atoms with Gasteiger partial charge in [-0.25, -0.2) is 0 Å². The third-order valence-electron chi connectivity index (χ3n) is 3.17. The van der Waals surface area contributed by atoms with Crippen molar-refractivity contribution in [1.82, 2.24) is 4.57 Å². The molecule has 0 saturated heterocycles. The van der Waals surface area contributed by atoms with E-state index < -0.39 is 0 Å². The van der Waals surface area contributed by atoms with Crippen LogP contribution < -0.4 is 11.1 Å². The molecule has 1 amide bonds. The minimum Gasteiger partial charge on any atom is -0.398 e. The van der Waals surface area contributed by atoms with Gasteiger partial charge in [0.2, 0.25) is 5.91 Å². The summed E-state index contributed by atoms with van der Waals surface area (Å²) in [5, 5.41) is 11.7. The third kappa shape index (κ3) is 2.98. The number of hydrogen-bond donors (Lipinski definition) is 2. The molecule has 0 aliphatic carbocycles. The normalized spacial score (nSPS) is 10.0. The van der Waals surface area contributed by atoms with Crippen molar-refractivity contribution in [3.8, 4) is 6.07 Å². The van der Waals surface area contributed by atoms with E-state index in [1.54, 1.807) is 35.0 Å². The highest BCUT2D eigenvalue weighted by molar-refractivity contribution is 5.92. The van der Waals surface area contributed by atoms with Crippen LogP contribution in [-0.4, -0.2) is 10.5 Å². The number of nitrogens with two attached hydrogens (primary N) is 1. The van der Waals surface area contributed by atoms with E-state index in [2.05, 4.69) is 11.4 Å². The fourth-order valence-corrected chi connectivity index (χ4v) is 1.93. The molecule has 0 aliphatic rings. The lowest BCUT2D eigenvalue weighted by Crippen LogP contribution is -2.15. The fourth-order valence-electron chi connectivity index (χ4n) is 1.93. The maximum absolute atomic E-state index is 11.9. The van der Waals surface area contributed by atoms with Crippen molar-refractivity contribution in [3.63, 3.8) is 0 Å². The average Bonchev–Trinajstić information content (AvgIpc) is 2.89. The molecule has 0 atom stereocenters. The number of nitrogens with one attached hydrogen (secondary N) is 1. The van der Waals surface area contributed by atoms with Crippen molar-refractivity contribution < 1.29 is 4.79 Å². The molecule has 0 unspecified atom stereocenters. The zero-order valence-electron chi connectivity index (χ0n) is 11.3. The van der Waals surface area contributed by atoms with Gasteiger partial charge in [0.25, 0.3) is 0 Å². The molecule has 0 bridgehead atoms. The SMILES string of the molecule is Cc1c(N)cccc1NC(=O)CCn1cccc1C#N. The van der Waals surface area contributed by atoms with Crippen LogP contribution in [0.2, 0.25) is 0 Å². The summed E-state index contributed by atoms with van der Waals surface area (Å²) in [6.45, 7) is 2.34. The maximum Gasteiger partial charge on any atom is 0.226 e. The number of aryl methyl sites for hydroxylation is 1. The quantitative estimate of drug-likeness (QED) is 0.834. The lowest BCUT2D eigenvalue weighted by molar-refractivity contribution is -0.116. The van der Waals surface area contributed by atoms with Gasteiger partial charge in [-0.3, -0.25) is 4.79 Å². The summed E-state index contributed by atoms with van der Waals surface area (Å²) in [6.07, 6.45) is 2.09. The highest BCUT2D eigenvalue weighted by atomic mass is 16.1. The van der Waals surface area contributed by atoms with E-state index >= 15 is 0 Å². The van der Waals surface area contributed by atoms with Crippen molar-refractivity contribution in [2.75, 3.05) is 11.1 Å². The van der Waals surface area contributed by atoms with E-state index in [9.17, 15) is 4.79 Å². The Kier molecular flexibility index (Phi) is 4.06. The Morgan fingerprint density at radius 3 is 2.95 bits per heavy atom. The molecule has 1 heterocycles. The van der Waals surface area contributed by atoms with Crippen LogP contribution in [0, 0.1) is 18.3 Å². The second-order valence-electron chi connectivity index (χ2n) is 4.52. The maximum atomic E-state index is 11.9. The molecule has 0 aliphatic heterocycles. The summed E-state index contributed by atoms with van der Waals surface area (Å²) in [5.41, 5.74) is 8.59. The number of benzene rings is 1. The second-order valence-corrected chi connectivity index (χ2v) is 4.52. The van der Waals surface area contributed by atoms with Gasteiger partial charge < -0.3 is 15.6 Å². The molecule has 0 spiro atoms. The first-order chi connectivity index (χ1) is 9.61. The Balaban J connectivity index is 1.97. The van der Waals surface area contributed by atoms with Crippen LogP contribution in [0.15, 0.2) is 36.5 Å². The first-order valence-electron chi connectivity index (χ1n) is 6.32. The van der Waals surface area contributed by atoms with Crippen molar-refractivity contribution >= 4 is 17.3 Å². The molecular weight excluding hydrogens is 252 g/mol. The molecule has 20 heavy (non-hydrogen) atoms. The Morgan fingerprint density at radius 2 is 2.20 bits per heavy atom. The topological polar surface area (TPSA) is 83.8 Å². The minimum atomic E-state index is -0.101. The number of nitrogens with zero attached hydrogens (tertiary/aromatic N) is 2. The molecular formula is C15H16N4O. The Bertz CT molecular complexity index is 667. The number of rotatable bonds is 4. The van der Waals surface area contributed by atoms with E-state index in [0.717, 1.165) is 11.3 Å². The van der Waals surface area contributed by atoms with E-state index in [-0.39, 0.29) is 5.91 Å². The molecule has 2 aromatic rings. The molecule has 2 rings (SSSR count). The number of carbonyl (C=O) groups is 1. The lowest BCUT2D eigenvalue weighted by Gasteiger charge is -2.10. The van der Waals surface area contributed by atoms with E-state index in [0.29, 0.717) is 24.3 Å². The molecule has 1 aromatic heterocycles. The highest BCUT2D eigenvalue weighted by Crippen LogP contribution is 2.20. The number of carbonyl (C=O) groups excluding carboxylic acids is 1. The number of hydrogen-bond acceptors (Lipinski definition) is 3. The zero-order chi connectivity index (χ0) is 14.5. The molecule has 5 heteroatoms. The summed E-state index contributed by atoms with van der Waals surface area (Å²) in [4.78, 5) is 11.9. The molecule has 1 aromatic carbocycles. The molecule has 5 nitrogen and oxygen atoms in total. The summed E-state index contributed by atoms with van der Waals surface area (Å²) in [5.74, 6) is -0.101. The van der Waals surface area contributed by atoms with E-state index in [1.807, 2.05) is 13.0 Å². The van der Waals surface area contributed by atoms with Crippen LogP contribution in [-0.2, 0) is 11.3 Å². The summed E-state index contributed by atoms with van der Waals surface area (Å²) in [6, 6.07) is 11.0. The number of nitrogen functional groups attached to an aromatic ring is 1. The largest absolute Gasteiger partial charge is 0.398 e. The second kappa shape index (κ2) is 5.93. The van der Waals surface area contributed by atoms with Crippen molar-refractivity contribution in [2.45, 2.75) is 19.9 Å². The van der Waals surface area contributed by atoms with Gasteiger partial charge in [-0.05, 0) is 36.8 Å². The molecule has 0 fully saturated rings. The minimum absolute atomic E-state index is 0.101. The first-order valence-corrected chi connectivity index (χ1v) is 6.32. The molecule has 3 N–H and O–H groups in total. The van der Waals surface area contributed by atoms with Gasteiger partial charge >= 0.3 is 0 Å². The van der Waals surface area contributed by atoms with Gasteiger partial charge in [-0.15, -0.1) is 0 Å². The van der Waals surface area contributed by atoms with Crippen LogP contribution in [0.4, 0.5) is 11.4 Å².